The highest BCUT2D eigenvalue weighted by Gasteiger charge is 2.30. The van der Waals surface area contributed by atoms with Crippen molar-refractivity contribution in [3.63, 3.8) is 0 Å². The second-order valence-corrected chi connectivity index (χ2v) is 10.5. The maximum absolute atomic E-state index is 12.7. The molecule has 1 atom stereocenters. The van der Waals surface area contributed by atoms with Crippen LogP contribution < -0.4 is 5.32 Å². The van der Waals surface area contributed by atoms with Crippen molar-refractivity contribution in [3.8, 4) is 0 Å². The molecule has 1 aliphatic heterocycles. The number of carbonyl (C=O) groups excluding carboxylic acids is 2. The standard InChI is InChI=1S/C23H26ClN3O4S/c24-18-7-8-20-17(16-18)6-9-21(20)25-22(28)10-11-23(29)26-12-14-27(15-13-26)32(30,31)19-4-2-1-3-5-19/h1-5,7-8,16,21H,6,9-15H2,(H,25,28). The zero-order valence-corrected chi connectivity index (χ0v) is 19.2. The third-order valence-corrected chi connectivity index (χ3v) is 8.20. The summed E-state index contributed by atoms with van der Waals surface area (Å²) in [7, 11) is -3.55. The third kappa shape index (κ3) is 4.98. The fourth-order valence-corrected chi connectivity index (χ4v) is 5.94. The van der Waals surface area contributed by atoms with E-state index in [-0.39, 0.29) is 48.7 Å². The van der Waals surface area contributed by atoms with Crippen molar-refractivity contribution in [2.24, 2.45) is 0 Å². The average molecular weight is 476 g/mol. The molecule has 2 amide bonds. The summed E-state index contributed by atoms with van der Waals surface area (Å²) >= 11 is 6.03. The zero-order valence-electron chi connectivity index (χ0n) is 17.7. The van der Waals surface area contributed by atoms with E-state index < -0.39 is 10.0 Å². The third-order valence-electron chi connectivity index (χ3n) is 6.06. The van der Waals surface area contributed by atoms with Crippen LogP contribution >= 0.6 is 11.6 Å². The molecule has 1 heterocycles. The van der Waals surface area contributed by atoms with Gasteiger partial charge in [0.25, 0.3) is 0 Å². The van der Waals surface area contributed by atoms with Gasteiger partial charge in [0.05, 0.1) is 10.9 Å². The summed E-state index contributed by atoms with van der Waals surface area (Å²) in [6, 6.07) is 14.0. The van der Waals surface area contributed by atoms with Crippen LogP contribution in [-0.4, -0.2) is 55.6 Å². The SMILES string of the molecule is O=C(CCC(=O)N1CCN(S(=O)(=O)c2ccccc2)CC1)NC1CCc2cc(Cl)ccc21. The van der Waals surface area contributed by atoms with Crippen LogP contribution in [0, 0.1) is 0 Å². The minimum atomic E-state index is -3.55. The first kappa shape index (κ1) is 22.8. The van der Waals surface area contributed by atoms with E-state index in [0.29, 0.717) is 18.1 Å². The molecule has 2 aromatic rings. The maximum atomic E-state index is 12.7. The Morgan fingerprint density at radius 3 is 2.44 bits per heavy atom. The van der Waals surface area contributed by atoms with E-state index in [9.17, 15) is 18.0 Å². The lowest BCUT2D eigenvalue weighted by atomic mass is 10.1. The van der Waals surface area contributed by atoms with E-state index in [0.717, 1.165) is 24.0 Å². The maximum Gasteiger partial charge on any atom is 0.243 e. The van der Waals surface area contributed by atoms with Gasteiger partial charge in [-0.3, -0.25) is 9.59 Å². The van der Waals surface area contributed by atoms with Crippen LogP contribution in [0.15, 0.2) is 53.4 Å². The fraction of sp³-hybridized carbons (Fsp3) is 0.391. The summed E-state index contributed by atoms with van der Waals surface area (Å²) in [6.07, 6.45) is 1.92. The van der Waals surface area contributed by atoms with Crippen molar-refractivity contribution in [2.75, 3.05) is 26.2 Å². The van der Waals surface area contributed by atoms with Gasteiger partial charge in [-0.25, -0.2) is 8.42 Å². The van der Waals surface area contributed by atoms with Gasteiger partial charge in [0, 0.05) is 44.0 Å². The van der Waals surface area contributed by atoms with E-state index >= 15 is 0 Å². The molecule has 4 rings (SSSR count). The zero-order chi connectivity index (χ0) is 22.7. The molecule has 0 bridgehead atoms. The number of sulfonamides is 1. The van der Waals surface area contributed by atoms with E-state index in [4.69, 9.17) is 11.6 Å². The first-order chi connectivity index (χ1) is 15.3. The Hall–Kier alpha value is -2.42. The van der Waals surface area contributed by atoms with Gasteiger partial charge in [0.15, 0.2) is 0 Å². The Morgan fingerprint density at radius 1 is 1.00 bits per heavy atom. The molecule has 1 aliphatic carbocycles. The largest absolute Gasteiger partial charge is 0.349 e. The molecule has 32 heavy (non-hydrogen) atoms. The quantitative estimate of drug-likeness (QED) is 0.696. The van der Waals surface area contributed by atoms with Crippen LogP contribution in [-0.2, 0) is 26.0 Å². The van der Waals surface area contributed by atoms with Gasteiger partial charge in [-0.05, 0) is 48.2 Å². The van der Waals surface area contributed by atoms with Crippen molar-refractivity contribution in [1.82, 2.24) is 14.5 Å². The van der Waals surface area contributed by atoms with Gasteiger partial charge in [0.2, 0.25) is 21.8 Å². The summed E-state index contributed by atoms with van der Waals surface area (Å²) in [5.41, 5.74) is 2.24. The molecule has 7 nitrogen and oxygen atoms in total. The van der Waals surface area contributed by atoms with Gasteiger partial charge < -0.3 is 10.2 Å². The molecule has 9 heteroatoms. The Bertz CT molecular complexity index is 1100. The molecule has 170 valence electrons. The molecule has 1 unspecified atom stereocenters. The molecule has 2 aromatic carbocycles. The number of aryl methyl sites for hydroxylation is 1. The number of hydrogen-bond acceptors (Lipinski definition) is 4. The smallest absolute Gasteiger partial charge is 0.243 e. The summed E-state index contributed by atoms with van der Waals surface area (Å²) in [6.45, 7) is 1.14. The van der Waals surface area contributed by atoms with Gasteiger partial charge in [-0.2, -0.15) is 4.31 Å². The van der Waals surface area contributed by atoms with Crippen LogP contribution in [0.1, 0.15) is 36.4 Å². The highest BCUT2D eigenvalue weighted by molar-refractivity contribution is 7.89. The van der Waals surface area contributed by atoms with Crippen LogP contribution in [0.2, 0.25) is 5.02 Å². The Balaban J connectivity index is 1.24. The van der Waals surface area contributed by atoms with E-state index in [1.54, 1.807) is 35.2 Å². The van der Waals surface area contributed by atoms with Crippen molar-refractivity contribution in [1.29, 1.82) is 0 Å². The second kappa shape index (κ2) is 9.60. The van der Waals surface area contributed by atoms with E-state index in [1.807, 2.05) is 18.2 Å². The van der Waals surface area contributed by atoms with Gasteiger partial charge in [0.1, 0.15) is 0 Å². The molecule has 1 saturated heterocycles. The predicted molar refractivity (Wildman–Crippen MR) is 122 cm³/mol. The Labute approximate surface area is 193 Å². The Morgan fingerprint density at radius 2 is 1.72 bits per heavy atom. The summed E-state index contributed by atoms with van der Waals surface area (Å²) < 4.78 is 26.8. The fourth-order valence-electron chi connectivity index (χ4n) is 4.30. The van der Waals surface area contributed by atoms with Crippen LogP contribution in [0.25, 0.3) is 0 Å². The van der Waals surface area contributed by atoms with Crippen molar-refractivity contribution in [3.05, 3.63) is 64.7 Å². The lowest BCUT2D eigenvalue weighted by Gasteiger charge is -2.34. The van der Waals surface area contributed by atoms with E-state index in [1.165, 1.54) is 4.31 Å². The number of nitrogens with zero attached hydrogens (tertiary/aromatic N) is 2. The number of amides is 2. The summed E-state index contributed by atoms with van der Waals surface area (Å²) in [5, 5.41) is 3.71. The number of piperazine rings is 1. The van der Waals surface area contributed by atoms with Gasteiger partial charge in [-0.1, -0.05) is 35.9 Å². The average Bonchev–Trinajstić information content (AvgIpc) is 3.19. The topological polar surface area (TPSA) is 86.8 Å². The van der Waals surface area contributed by atoms with Crippen molar-refractivity contribution in [2.45, 2.75) is 36.6 Å². The number of benzene rings is 2. The predicted octanol–water partition coefficient (Wildman–Crippen LogP) is 2.76. The number of nitrogens with one attached hydrogen (secondary N) is 1. The minimum absolute atomic E-state index is 0.0448. The molecular formula is C23H26ClN3O4S. The first-order valence-electron chi connectivity index (χ1n) is 10.8. The van der Waals surface area contributed by atoms with Crippen molar-refractivity contribution >= 4 is 33.4 Å². The number of rotatable bonds is 6. The monoisotopic (exact) mass is 475 g/mol. The second-order valence-electron chi connectivity index (χ2n) is 8.10. The molecule has 0 aromatic heterocycles. The molecular weight excluding hydrogens is 450 g/mol. The number of hydrogen-bond donors (Lipinski definition) is 1. The number of fused-ring (bicyclic) bond motifs is 1. The molecule has 2 aliphatic rings. The normalized spacial score (nSPS) is 18.9. The molecule has 1 fully saturated rings. The molecule has 0 spiro atoms. The Kier molecular flexibility index (Phi) is 6.83. The first-order valence-corrected chi connectivity index (χ1v) is 12.6. The summed E-state index contributed by atoms with van der Waals surface area (Å²) in [4.78, 5) is 26.9. The highest BCUT2D eigenvalue weighted by atomic mass is 35.5. The van der Waals surface area contributed by atoms with Crippen LogP contribution in [0.3, 0.4) is 0 Å². The number of halogens is 1. The highest BCUT2D eigenvalue weighted by Crippen LogP contribution is 2.32. The molecule has 0 radical (unpaired) electrons. The number of carbonyl (C=O) groups is 2. The minimum Gasteiger partial charge on any atom is -0.349 e. The van der Waals surface area contributed by atoms with Gasteiger partial charge >= 0.3 is 0 Å². The lowest BCUT2D eigenvalue weighted by molar-refractivity contribution is -0.134. The van der Waals surface area contributed by atoms with Crippen LogP contribution in [0.5, 0.6) is 0 Å². The van der Waals surface area contributed by atoms with E-state index in [2.05, 4.69) is 5.32 Å². The van der Waals surface area contributed by atoms with Crippen LogP contribution in [0.4, 0.5) is 0 Å². The molecule has 1 N–H and O–H groups in total. The lowest BCUT2D eigenvalue weighted by Crippen LogP contribution is -2.50. The molecule has 0 saturated carbocycles. The van der Waals surface area contributed by atoms with Crippen molar-refractivity contribution < 1.29 is 18.0 Å². The summed E-state index contributed by atoms with van der Waals surface area (Å²) in [5.74, 6) is -0.285. The van der Waals surface area contributed by atoms with Gasteiger partial charge in [-0.15, -0.1) is 0 Å².